The summed E-state index contributed by atoms with van der Waals surface area (Å²) in [6, 6.07) is 13.7. The van der Waals surface area contributed by atoms with Gasteiger partial charge in [-0.05, 0) is 59.8 Å². The molecule has 0 N–H and O–H groups in total. The molecule has 5 aromatic rings. The fourth-order valence-electron chi connectivity index (χ4n) is 3.42. The van der Waals surface area contributed by atoms with Gasteiger partial charge < -0.3 is 4.74 Å². The number of fused-ring (bicyclic) bond motifs is 1. The molecule has 1 aromatic carbocycles. The number of imidazole rings is 1. The molecule has 0 amide bonds. The van der Waals surface area contributed by atoms with Gasteiger partial charge in [0.2, 0.25) is 0 Å². The minimum Gasteiger partial charge on any atom is -0.486 e. The van der Waals surface area contributed by atoms with Crippen LogP contribution in [-0.2, 0) is 6.54 Å². The smallest absolute Gasteiger partial charge is 0.166 e. The van der Waals surface area contributed by atoms with E-state index in [-0.39, 0.29) is 11.9 Å². The van der Waals surface area contributed by atoms with Gasteiger partial charge in [-0.3, -0.25) is 4.57 Å². The Labute approximate surface area is 186 Å². The molecule has 0 aliphatic heterocycles. The van der Waals surface area contributed by atoms with Crippen LogP contribution in [0.5, 0.6) is 5.75 Å². The number of hydrogen-bond acceptors (Lipinski definition) is 8. The van der Waals surface area contributed by atoms with Crippen LogP contribution >= 0.6 is 0 Å². The fraction of sp³-hybridized carbons (Fsp3) is 0.136. The number of nitrogens with zero attached hydrogens (tertiary/aromatic N) is 9. The normalized spacial score (nSPS) is 11.9. The van der Waals surface area contributed by atoms with E-state index in [2.05, 4.69) is 31.6 Å². The van der Waals surface area contributed by atoms with Crippen molar-refractivity contribution in [1.29, 1.82) is 5.26 Å². The van der Waals surface area contributed by atoms with Crippen molar-refractivity contribution >= 4 is 11.2 Å². The number of rotatable bonds is 6. The molecule has 1 atom stereocenters. The van der Waals surface area contributed by atoms with Gasteiger partial charge in [0.1, 0.15) is 30.3 Å². The van der Waals surface area contributed by atoms with Crippen LogP contribution in [0.15, 0.2) is 61.3 Å². The Morgan fingerprint density at radius 3 is 2.88 bits per heavy atom. The van der Waals surface area contributed by atoms with Crippen molar-refractivity contribution in [2.24, 2.45) is 0 Å². The molecule has 0 saturated heterocycles. The lowest BCUT2D eigenvalue weighted by Gasteiger charge is -2.15. The highest BCUT2D eigenvalue weighted by atomic mass is 19.1. The van der Waals surface area contributed by atoms with Gasteiger partial charge in [0.25, 0.3) is 0 Å². The Kier molecular flexibility index (Phi) is 5.16. The van der Waals surface area contributed by atoms with Crippen LogP contribution in [0.25, 0.3) is 28.2 Å². The lowest BCUT2D eigenvalue weighted by molar-refractivity contribution is 0.185. The number of ether oxygens (including phenoxy) is 1. The summed E-state index contributed by atoms with van der Waals surface area (Å²) in [4.78, 5) is 13.4. The molecular weight excluding hydrogens is 425 g/mol. The van der Waals surface area contributed by atoms with Crippen molar-refractivity contribution in [2.75, 3.05) is 0 Å². The molecule has 4 aromatic heterocycles. The predicted molar refractivity (Wildman–Crippen MR) is 115 cm³/mol. The first-order valence-electron chi connectivity index (χ1n) is 9.99. The van der Waals surface area contributed by atoms with Gasteiger partial charge >= 0.3 is 0 Å². The Morgan fingerprint density at radius 1 is 1.15 bits per heavy atom. The van der Waals surface area contributed by atoms with E-state index in [0.717, 1.165) is 0 Å². The molecule has 33 heavy (non-hydrogen) atoms. The van der Waals surface area contributed by atoms with Gasteiger partial charge in [-0.15, -0.1) is 5.10 Å². The summed E-state index contributed by atoms with van der Waals surface area (Å²) in [6.07, 6.45) is 4.27. The van der Waals surface area contributed by atoms with Crippen LogP contribution in [0.2, 0.25) is 0 Å². The van der Waals surface area contributed by atoms with E-state index < -0.39 is 5.82 Å². The molecule has 0 bridgehead atoms. The Morgan fingerprint density at radius 2 is 2.06 bits per heavy atom. The van der Waals surface area contributed by atoms with Crippen molar-refractivity contribution in [3.63, 3.8) is 0 Å². The molecule has 0 aliphatic carbocycles. The van der Waals surface area contributed by atoms with Crippen LogP contribution in [0.4, 0.5) is 4.39 Å². The van der Waals surface area contributed by atoms with Crippen LogP contribution in [-0.4, -0.2) is 45.8 Å². The summed E-state index contributed by atoms with van der Waals surface area (Å²) in [7, 11) is 0. The molecule has 0 radical (unpaired) electrons. The highest BCUT2D eigenvalue weighted by Gasteiger charge is 2.15. The first-order valence-corrected chi connectivity index (χ1v) is 9.99. The summed E-state index contributed by atoms with van der Waals surface area (Å²) < 4.78 is 23.4. The van der Waals surface area contributed by atoms with E-state index in [1.165, 1.54) is 17.1 Å². The van der Waals surface area contributed by atoms with Gasteiger partial charge in [-0.2, -0.15) is 5.26 Å². The van der Waals surface area contributed by atoms with Gasteiger partial charge in [-0.1, -0.05) is 0 Å². The maximum absolute atomic E-state index is 14.5. The first kappa shape index (κ1) is 20.2. The second-order valence-corrected chi connectivity index (χ2v) is 7.25. The van der Waals surface area contributed by atoms with E-state index in [1.54, 1.807) is 54.3 Å². The number of nitriles is 1. The number of aromatic nitrogens is 8. The third-order valence-electron chi connectivity index (χ3n) is 4.92. The maximum atomic E-state index is 14.5. The van der Waals surface area contributed by atoms with Gasteiger partial charge in [-0.25, -0.2) is 24.0 Å². The predicted octanol–water partition coefficient (Wildman–Crippen LogP) is 2.95. The Hall–Kier alpha value is -4.72. The molecule has 0 fully saturated rings. The highest BCUT2D eigenvalue weighted by molar-refractivity contribution is 5.77. The Bertz CT molecular complexity index is 1470. The molecule has 0 unspecified atom stereocenters. The minimum absolute atomic E-state index is 0.0972. The summed E-state index contributed by atoms with van der Waals surface area (Å²) >= 11 is 0. The maximum Gasteiger partial charge on any atom is 0.166 e. The second kappa shape index (κ2) is 8.43. The summed E-state index contributed by atoms with van der Waals surface area (Å²) in [5, 5.41) is 20.4. The lowest BCUT2D eigenvalue weighted by atomic mass is 10.1. The lowest BCUT2D eigenvalue weighted by Crippen LogP contribution is -2.20. The molecule has 0 saturated carbocycles. The number of benzene rings is 1. The number of tetrazole rings is 1. The van der Waals surface area contributed by atoms with Gasteiger partial charge in [0.05, 0.1) is 17.8 Å². The Balaban J connectivity index is 1.49. The third kappa shape index (κ3) is 3.97. The first-order chi connectivity index (χ1) is 16.1. The van der Waals surface area contributed by atoms with Crippen LogP contribution in [0.1, 0.15) is 12.5 Å². The quantitative estimate of drug-likeness (QED) is 0.394. The van der Waals surface area contributed by atoms with E-state index in [1.807, 2.05) is 6.07 Å². The molecule has 5 rings (SSSR count). The topological polar surface area (TPSA) is 120 Å². The van der Waals surface area contributed by atoms with Crippen molar-refractivity contribution in [3.05, 3.63) is 72.7 Å². The van der Waals surface area contributed by atoms with Gasteiger partial charge in [0.15, 0.2) is 23.0 Å². The molecule has 0 spiro atoms. The van der Waals surface area contributed by atoms with E-state index in [0.29, 0.717) is 40.3 Å². The van der Waals surface area contributed by atoms with Crippen LogP contribution in [0, 0.1) is 17.1 Å². The van der Waals surface area contributed by atoms with E-state index in [9.17, 15) is 9.65 Å². The second-order valence-electron chi connectivity index (χ2n) is 7.25. The van der Waals surface area contributed by atoms with Crippen molar-refractivity contribution in [2.45, 2.75) is 19.6 Å². The summed E-state index contributed by atoms with van der Waals surface area (Å²) in [6.45, 7) is 2.17. The van der Waals surface area contributed by atoms with Crippen LogP contribution in [0.3, 0.4) is 0 Å². The van der Waals surface area contributed by atoms with Crippen LogP contribution < -0.4 is 4.74 Å². The fourth-order valence-corrected chi connectivity index (χ4v) is 3.42. The standard InChI is InChI=1S/C22H16FN9O/c1-14(11-31-13-27-29-30-31)33-20-9-15(4-5-17(20)23)18-6-7-19-22(28-18)32(12-26-19)21-16(10-24)3-2-8-25-21/h2-9,12-14H,11H2,1H3/t14-/m0/s1. The zero-order chi connectivity index (χ0) is 22.8. The minimum atomic E-state index is -0.486. The molecular formula is C22H16FN9O. The number of halogens is 1. The average Bonchev–Trinajstić information content (AvgIpc) is 3.50. The highest BCUT2D eigenvalue weighted by Crippen LogP contribution is 2.28. The summed E-state index contributed by atoms with van der Waals surface area (Å²) in [5.41, 5.74) is 2.83. The van der Waals surface area contributed by atoms with E-state index >= 15 is 0 Å². The number of hydrogen-bond donors (Lipinski definition) is 0. The largest absolute Gasteiger partial charge is 0.486 e. The zero-order valence-corrected chi connectivity index (χ0v) is 17.4. The summed E-state index contributed by atoms with van der Waals surface area (Å²) in [5.74, 6) is 0.0484. The molecule has 4 heterocycles. The third-order valence-corrected chi connectivity index (χ3v) is 4.92. The zero-order valence-electron chi connectivity index (χ0n) is 17.4. The molecule has 11 heteroatoms. The van der Waals surface area contributed by atoms with Crippen molar-refractivity contribution in [1.82, 2.24) is 39.7 Å². The van der Waals surface area contributed by atoms with Crippen molar-refractivity contribution < 1.29 is 9.13 Å². The molecule has 0 aliphatic rings. The van der Waals surface area contributed by atoms with E-state index in [4.69, 9.17) is 9.72 Å². The average molecular weight is 441 g/mol. The monoisotopic (exact) mass is 441 g/mol. The SMILES string of the molecule is C[C@@H](Cn1cnnn1)Oc1cc(-c2ccc3ncn(-c4ncccc4C#N)c3n2)ccc1F. The van der Waals surface area contributed by atoms with Crippen molar-refractivity contribution in [3.8, 4) is 28.9 Å². The molecule has 10 nitrogen and oxygen atoms in total. The molecule has 162 valence electrons. The van der Waals surface area contributed by atoms with Gasteiger partial charge in [0, 0.05) is 11.8 Å². The number of pyridine rings is 2.